The van der Waals surface area contributed by atoms with Crippen LogP contribution in [0.5, 0.6) is 5.75 Å². The van der Waals surface area contributed by atoms with Gasteiger partial charge in [-0.2, -0.15) is 4.72 Å². The van der Waals surface area contributed by atoms with E-state index in [0.717, 1.165) is 0 Å². The van der Waals surface area contributed by atoms with Crippen molar-refractivity contribution in [1.82, 2.24) is 4.72 Å². The molecule has 0 saturated heterocycles. The molecule has 144 valence electrons. The average molecular weight is 384 g/mol. The molecular weight excluding hydrogens is 360 g/mol. The van der Waals surface area contributed by atoms with Crippen LogP contribution in [0.1, 0.15) is 34.1 Å². The number of hydrogen-bond donors (Lipinski definition) is 2. The van der Waals surface area contributed by atoms with Gasteiger partial charge in [-0.3, -0.25) is 9.59 Å². The van der Waals surface area contributed by atoms with Crippen LogP contribution in [0.2, 0.25) is 0 Å². The number of aliphatic carboxylic acids is 1. The summed E-state index contributed by atoms with van der Waals surface area (Å²) in [6.45, 7) is 7.14. The zero-order chi connectivity index (χ0) is 19.6. The quantitative estimate of drug-likeness (QED) is 0.770. The van der Waals surface area contributed by atoms with Crippen LogP contribution in [0, 0.1) is 5.92 Å². The molecule has 2 unspecified atom stereocenters. The number of carboxylic acids is 1. The van der Waals surface area contributed by atoms with E-state index < -0.39 is 22.0 Å². The first kappa shape index (κ1) is 20.2. The third-order valence-corrected chi connectivity index (χ3v) is 5.45. The van der Waals surface area contributed by atoms with E-state index in [4.69, 9.17) is 4.74 Å². The highest BCUT2D eigenvalue weighted by Gasteiger charge is 2.30. The summed E-state index contributed by atoms with van der Waals surface area (Å²) in [5.41, 5.74) is 0.356. The Hall–Kier alpha value is -2.13. The average Bonchev–Trinajstić information content (AvgIpc) is 2.52. The third-order valence-electron chi connectivity index (χ3n) is 3.98. The van der Waals surface area contributed by atoms with E-state index in [2.05, 4.69) is 4.72 Å². The first-order valence-corrected chi connectivity index (χ1v) is 9.83. The van der Waals surface area contributed by atoms with Crippen LogP contribution >= 0.6 is 0 Å². The molecule has 1 aliphatic rings. The maximum atomic E-state index is 12.6. The summed E-state index contributed by atoms with van der Waals surface area (Å²) in [5, 5.41) is 9.27. The zero-order valence-corrected chi connectivity index (χ0v) is 16.0. The molecule has 1 aromatic carbocycles. The number of nitrogens with zero attached hydrogens (tertiary/aromatic N) is 1. The van der Waals surface area contributed by atoms with E-state index >= 15 is 0 Å². The standard InChI is InChI=1S/C17H24N2O6S/c1-10(2)7-14(17(21)22)18-26(23,24)13-5-6-16-15(8-13)19(12(4)20)9-11(3)25-16/h5-6,8,10-11,14,18H,7,9H2,1-4H3,(H,21,22). The summed E-state index contributed by atoms with van der Waals surface area (Å²) in [6, 6.07) is 2.93. The number of ether oxygens (including phenoxy) is 1. The summed E-state index contributed by atoms with van der Waals surface area (Å²) in [7, 11) is -4.07. The minimum Gasteiger partial charge on any atom is -0.487 e. The van der Waals surface area contributed by atoms with E-state index in [1.54, 1.807) is 0 Å². The molecule has 1 heterocycles. The van der Waals surface area contributed by atoms with Crippen LogP contribution < -0.4 is 14.4 Å². The zero-order valence-electron chi connectivity index (χ0n) is 15.2. The minimum absolute atomic E-state index is 0.00502. The lowest BCUT2D eigenvalue weighted by atomic mass is 10.1. The second kappa shape index (κ2) is 7.63. The fourth-order valence-electron chi connectivity index (χ4n) is 2.81. The lowest BCUT2D eigenvalue weighted by Crippen LogP contribution is -2.42. The first-order chi connectivity index (χ1) is 12.0. The minimum atomic E-state index is -4.07. The summed E-state index contributed by atoms with van der Waals surface area (Å²) in [5.74, 6) is -1.05. The molecule has 0 radical (unpaired) electrons. The van der Waals surface area contributed by atoms with Crippen LogP contribution in [0.4, 0.5) is 5.69 Å². The second-order valence-electron chi connectivity index (χ2n) is 6.83. The topological polar surface area (TPSA) is 113 Å². The van der Waals surface area contributed by atoms with Gasteiger partial charge in [0.2, 0.25) is 15.9 Å². The molecule has 2 rings (SSSR count). The Bertz CT molecular complexity index is 805. The van der Waals surface area contributed by atoms with E-state index in [1.807, 2.05) is 20.8 Å². The molecule has 2 N–H and O–H groups in total. The number of rotatable bonds is 6. The lowest BCUT2D eigenvalue weighted by Gasteiger charge is -2.33. The van der Waals surface area contributed by atoms with Crippen molar-refractivity contribution in [3.8, 4) is 5.75 Å². The van der Waals surface area contributed by atoms with Gasteiger partial charge >= 0.3 is 5.97 Å². The molecule has 2 atom stereocenters. The summed E-state index contributed by atoms with van der Waals surface area (Å²) in [6.07, 6.45) is -0.0471. The van der Waals surface area contributed by atoms with Crippen LogP contribution in [0.25, 0.3) is 0 Å². The maximum Gasteiger partial charge on any atom is 0.321 e. The number of benzene rings is 1. The normalized spacial score (nSPS) is 18.2. The molecule has 0 bridgehead atoms. The number of nitrogens with one attached hydrogen (secondary N) is 1. The third kappa shape index (κ3) is 4.53. The highest BCUT2D eigenvalue weighted by atomic mass is 32.2. The predicted molar refractivity (Wildman–Crippen MR) is 95.8 cm³/mol. The molecule has 1 aliphatic heterocycles. The monoisotopic (exact) mass is 384 g/mol. The molecular formula is C17H24N2O6S. The van der Waals surface area contributed by atoms with Crippen LogP contribution in [-0.4, -0.2) is 44.1 Å². The Labute approximate surface area is 153 Å². The number of anilines is 1. The summed E-state index contributed by atoms with van der Waals surface area (Å²) < 4.78 is 33.2. The molecule has 26 heavy (non-hydrogen) atoms. The van der Waals surface area contributed by atoms with Gasteiger partial charge in [-0.15, -0.1) is 0 Å². The maximum absolute atomic E-state index is 12.6. The number of carboxylic acid groups (broad SMARTS) is 1. The number of sulfonamides is 1. The van der Waals surface area contributed by atoms with Gasteiger partial charge in [0.25, 0.3) is 0 Å². The number of fused-ring (bicyclic) bond motifs is 1. The van der Waals surface area contributed by atoms with E-state index in [0.29, 0.717) is 18.0 Å². The Morgan fingerprint density at radius 2 is 2.04 bits per heavy atom. The van der Waals surface area contributed by atoms with Gasteiger partial charge in [0, 0.05) is 6.92 Å². The fraction of sp³-hybridized carbons (Fsp3) is 0.529. The number of hydrogen-bond acceptors (Lipinski definition) is 5. The van der Waals surface area contributed by atoms with Gasteiger partial charge in [0.15, 0.2) is 0 Å². The van der Waals surface area contributed by atoms with Crippen molar-refractivity contribution >= 4 is 27.6 Å². The van der Waals surface area contributed by atoms with Gasteiger partial charge in [0.05, 0.1) is 17.1 Å². The molecule has 0 saturated carbocycles. The largest absolute Gasteiger partial charge is 0.487 e. The second-order valence-corrected chi connectivity index (χ2v) is 8.54. The highest BCUT2D eigenvalue weighted by Crippen LogP contribution is 2.35. The van der Waals surface area contributed by atoms with Crippen molar-refractivity contribution in [3.05, 3.63) is 18.2 Å². The van der Waals surface area contributed by atoms with Gasteiger partial charge in [-0.05, 0) is 37.5 Å². The molecule has 9 heteroatoms. The summed E-state index contributed by atoms with van der Waals surface area (Å²) in [4.78, 5) is 24.6. The van der Waals surface area contributed by atoms with Crippen molar-refractivity contribution in [1.29, 1.82) is 0 Å². The molecule has 0 aliphatic carbocycles. The smallest absolute Gasteiger partial charge is 0.321 e. The molecule has 0 spiro atoms. The molecule has 8 nitrogen and oxygen atoms in total. The van der Waals surface area contributed by atoms with Gasteiger partial charge in [0.1, 0.15) is 17.9 Å². The Morgan fingerprint density at radius 3 is 2.58 bits per heavy atom. The van der Waals surface area contributed by atoms with Crippen molar-refractivity contribution in [2.24, 2.45) is 5.92 Å². The van der Waals surface area contributed by atoms with Crippen molar-refractivity contribution in [3.63, 3.8) is 0 Å². The summed E-state index contributed by atoms with van der Waals surface area (Å²) >= 11 is 0. The molecule has 0 aromatic heterocycles. The molecule has 1 aromatic rings. The number of carbonyl (C=O) groups excluding carboxylic acids is 1. The fourth-order valence-corrected chi connectivity index (χ4v) is 4.03. The van der Waals surface area contributed by atoms with Gasteiger partial charge in [-0.25, -0.2) is 8.42 Å². The van der Waals surface area contributed by atoms with Crippen molar-refractivity contribution in [2.75, 3.05) is 11.4 Å². The number of amides is 1. The predicted octanol–water partition coefficient (Wildman–Crippen LogP) is 1.60. The Balaban J connectivity index is 2.37. The van der Waals surface area contributed by atoms with Crippen LogP contribution in [0.15, 0.2) is 23.1 Å². The Kier molecular flexibility index (Phi) is 5.92. The highest BCUT2D eigenvalue weighted by molar-refractivity contribution is 7.89. The molecule has 1 amide bonds. The van der Waals surface area contributed by atoms with Crippen LogP contribution in [0.3, 0.4) is 0 Å². The first-order valence-electron chi connectivity index (χ1n) is 8.35. The van der Waals surface area contributed by atoms with Crippen LogP contribution in [-0.2, 0) is 19.6 Å². The SMILES string of the molecule is CC(=O)N1CC(C)Oc2ccc(S(=O)(=O)NC(CC(C)C)C(=O)O)cc21. The van der Waals surface area contributed by atoms with E-state index in [9.17, 15) is 23.1 Å². The van der Waals surface area contributed by atoms with Gasteiger partial charge in [-0.1, -0.05) is 13.8 Å². The number of carbonyl (C=O) groups is 2. The van der Waals surface area contributed by atoms with Gasteiger partial charge < -0.3 is 14.7 Å². The van der Waals surface area contributed by atoms with E-state index in [1.165, 1.54) is 30.0 Å². The molecule has 0 fully saturated rings. The van der Waals surface area contributed by atoms with Crippen molar-refractivity contribution < 1.29 is 27.9 Å². The Morgan fingerprint density at radius 1 is 1.38 bits per heavy atom. The lowest BCUT2D eigenvalue weighted by molar-refractivity contribution is -0.139. The van der Waals surface area contributed by atoms with E-state index in [-0.39, 0.29) is 29.2 Å². The van der Waals surface area contributed by atoms with Crippen molar-refractivity contribution in [2.45, 2.75) is 51.2 Å².